The average molecular weight is 122 g/mol. The number of quaternary nitrogens is 1. The molecule has 8 heavy (non-hydrogen) atoms. The maximum absolute atomic E-state index is 2.12. The lowest BCUT2D eigenvalue weighted by atomic mass is 10.6. The predicted molar refractivity (Wildman–Crippen MR) is 42.0 cm³/mol. The molecule has 1 nitrogen and oxygen atoms in total. The van der Waals surface area contributed by atoms with E-state index in [2.05, 4.69) is 42.0 Å². The summed E-state index contributed by atoms with van der Waals surface area (Å²) in [4.78, 5) is 0. The molecule has 0 aliphatic carbocycles. The molecule has 0 spiro atoms. The van der Waals surface area contributed by atoms with Crippen LogP contribution in [0.2, 0.25) is 0 Å². The van der Waals surface area contributed by atoms with Crippen molar-refractivity contribution in [3.05, 3.63) is 0 Å². The molecule has 0 bridgehead atoms. The molecule has 0 aliphatic rings. The lowest BCUT2D eigenvalue weighted by Gasteiger charge is -2.14. The van der Waals surface area contributed by atoms with E-state index in [1.165, 1.54) is 6.42 Å². The molecule has 0 aromatic heterocycles. The Balaban J connectivity index is -0.0000000800. The number of nitrogens with zero attached hydrogens (tertiary/aromatic N) is 1. The van der Waals surface area contributed by atoms with E-state index in [0.717, 1.165) is 4.48 Å². The fraction of sp³-hybridized carbons (Fsp3) is 1.00. The molecule has 0 heterocycles. The van der Waals surface area contributed by atoms with E-state index < -0.39 is 0 Å². The highest BCUT2D eigenvalue weighted by Crippen LogP contribution is 1.73. The molecule has 0 fully saturated rings. The van der Waals surface area contributed by atoms with Crippen LogP contribution in [0.1, 0.15) is 21.7 Å². The van der Waals surface area contributed by atoms with Crippen LogP contribution in [0.5, 0.6) is 0 Å². The van der Waals surface area contributed by atoms with Crippen molar-refractivity contribution in [3.8, 4) is 0 Å². The highest BCUT2D eigenvalue weighted by molar-refractivity contribution is 3.92. The average Bonchev–Trinajstić information content (AvgIpc) is 1.27. The molecule has 0 aliphatic heterocycles. The van der Waals surface area contributed by atoms with Crippen LogP contribution >= 0.6 is 0 Å². The third kappa shape index (κ3) is 91600. The number of hydrogen-bond acceptors (Lipinski definition) is 0. The van der Waals surface area contributed by atoms with Crippen molar-refractivity contribution in [1.29, 1.82) is 0 Å². The maximum Gasteiger partial charge on any atom is 0.0675 e. The van der Waals surface area contributed by atoms with Gasteiger partial charge in [0.05, 0.1) is 28.2 Å². The second-order valence-corrected chi connectivity index (χ2v) is 3.39. The summed E-state index contributed by atoms with van der Waals surface area (Å²) < 4.78 is 1.00. The SMILES string of the molecule is CCC.C[N+](C)(C)C.[3HH]. The minimum absolute atomic E-state index is 0. The molecule has 0 rings (SSSR count). The van der Waals surface area contributed by atoms with Crippen LogP contribution in [0.15, 0.2) is 0 Å². The summed E-state index contributed by atoms with van der Waals surface area (Å²) in [6, 6.07) is 0. The minimum atomic E-state index is 0. The van der Waals surface area contributed by atoms with Gasteiger partial charge in [-0.2, -0.15) is 0 Å². The van der Waals surface area contributed by atoms with Crippen LogP contribution in [0.3, 0.4) is 0 Å². The Labute approximate surface area is 55.4 Å². The molecule has 0 atom stereocenters. The fourth-order valence-electron chi connectivity index (χ4n) is 0. The topological polar surface area (TPSA) is 0 Å². The second-order valence-electron chi connectivity index (χ2n) is 3.39. The normalized spacial score (nSPS) is 9.75. The predicted octanol–water partition coefficient (Wildman–Crippen LogP) is 1.98. The first-order chi connectivity index (χ1) is 3.41. The minimum Gasteiger partial charge on any atom is -0.333 e. The van der Waals surface area contributed by atoms with Crippen LogP contribution in [0.4, 0.5) is 0 Å². The van der Waals surface area contributed by atoms with Gasteiger partial charge in [0.1, 0.15) is 0 Å². The second kappa shape index (κ2) is 5.10. The van der Waals surface area contributed by atoms with Crippen LogP contribution < -0.4 is 0 Å². The maximum atomic E-state index is 2.12. The van der Waals surface area contributed by atoms with E-state index in [0.29, 0.717) is 0 Å². The molecule has 0 amide bonds. The van der Waals surface area contributed by atoms with Gasteiger partial charge in [0.2, 0.25) is 0 Å². The highest BCUT2D eigenvalue weighted by atomic mass is 15.2. The third-order valence-corrected chi connectivity index (χ3v) is 0. The van der Waals surface area contributed by atoms with Gasteiger partial charge in [-0.1, -0.05) is 20.3 Å². The van der Waals surface area contributed by atoms with Crippen LogP contribution in [0.25, 0.3) is 0 Å². The van der Waals surface area contributed by atoms with Crippen molar-refractivity contribution >= 4 is 0 Å². The summed E-state index contributed by atoms with van der Waals surface area (Å²) >= 11 is 0. The van der Waals surface area contributed by atoms with E-state index in [1.807, 2.05) is 0 Å². The summed E-state index contributed by atoms with van der Waals surface area (Å²) in [5.41, 5.74) is 0. The van der Waals surface area contributed by atoms with Crippen molar-refractivity contribution in [2.75, 3.05) is 28.2 Å². The van der Waals surface area contributed by atoms with Crippen molar-refractivity contribution in [1.82, 2.24) is 0 Å². The lowest BCUT2D eigenvalue weighted by Crippen LogP contribution is -2.27. The van der Waals surface area contributed by atoms with Gasteiger partial charge in [-0.25, -0.2) is 0 Å². The molecule has 0 aromatic rings. The number of rotatable bonds is 0. The van der Waals surface area contributed by atoms with Crippen LogP contribution in [-0.2, 0) is 0 Å². The zero-order valence-corrected chi connectivity index (χ0v) is 7.15. The van der Waals surface area contributed by atoms with Gasteiger partial charge in [-0.3, -0.25) is 0 Å². The van der Waals surface area contributed by atoms with Gasteiger partial charge in [0.15, 0.2) is 0 Å². The molecule has 0 aromatic carbocycles. The summed E-state index contributed by atoms with van der Waals surface area (Å²) in [5, 5.41) is 0. The monoisotopic (exact) mass is 122 g/mol. The Kier molecular flexibility index (Phi) is 6.93. The van der Waals surface area contributed by atoms with E-state index in [4.69, 9.17) is 0 Å². The zero-order chi connectivity index (χ0) is 7.21. The Morgan fingerprint density at radius 3 is 1.00 bits per heavy atom. The molecular weight excluding hydrogens is 98.1 g/mol. The van der Waals surface area contributed by atoms with Crippen molar-refractivity contribution in [3.63, 3.8) is 0 Å². The Morgan fingerprint density at radius 1 is 1.00 bits per heavy atom. The fourth-order valence-corrected chi connectivity index (χ4v) is 0. The Morgan fingerprint density at radius 2 is 1.00 bits per heavy atom. The molecule has 0 saturated carbocycles. The highest BCUT2D eigenvalue weighted by Gasteiger charge is 1.88. The molecular formula is C7H22N+. The van der Waals surface area contributed by atoms with Crippen molar-refractivity contribution in [2.24, 2.45) is 0 Å². The van der Waals surface area contributed by atoms with Gasteiger partial charge >= 0.3 is 0 Å². The van der Waals surface area contributed by atoms with Gasteiger partial charge < -0.3 is 4.48 Å². The first-order valence-corrected chi connectivity index (χ1v) is 3.20. The summed E-state index contributed by atoms with van der Waals surface area (Å²) in [7, 11) is 8.50. The van der Waals surface area contributed by atoms with Crippen molar-refractivity contribution < 1.29 is 5.91 Å². The van der Waals surface area contributed by atoms with Gasteiger partial charge in [-0.15, -0.1) is 0 Å². The lowest BCUT2D eigenvalue weighted by molar-refractivity contribution is -0.849. The van der Waals surface area contributed by atoms with E-state index >= 15 is 0 Å². The molecule has 0 N–H and O–H groups in total. The van der Waals surface area contributed by atoms with Gasteiger partial charge in [-0.05, 0) is 0 Å². The van der Waals surface area contributed by atoms with Gasteiger partial charge in [0, 0.05) is 1.43 Å². The smallest absolute Gasteiger partial charge is 0.0675 e. The molecule has 0 unspecified atom stereocenters. The quantitative estimate of drug-likeness (QED) is 0.431. The molecule has 0 radical (unpaired) electrons. The van der Waals surface area contributed by atoms with Crippen molar-refractivity contribution in [2.45, 2.75) is 20.3 Å². The van der Waals surface area contributed by atoms with Gasteiger partial charge in [0.25, 0.3) is 0 Å². The standard InChI is InChI=1S/C4H12N.C3H8.H2/c1-5(2,3)4;1-3-2;/h1-4H3;3H2,1-2H3;1H/q+1;;/i;;1+2. The first-order valence-electron chi connectivity index (χ1n) is 3.20. The Hall–Kier alpha value is -0.0400. The third-order valence-electron chi connectivity index (χ3n) is 0. The summed E-state index contributed by atoms with van der Waals surface area (Å²) in [5.74, 6) is 0. The number of hydrogen-bond donors (Lipinski definition) is 0. The van der Waals surface area contributed by atoms with E-state index in [-0.39, 0.29) is 1.43 Å². The summed E-state index contributed by atoms with van der Waals surface area (Å²) in [6.45, 7) is 4.25. The van der Waals surface area contributed by atoms with E-state index in [9.17, 15) is 0 Å². The Bertz CT molecular complexity index is 32.7. The van der Waals surface area contributed by atoms with Crippen LogP contribution in [-0.4, -0.2) is 32.7 Å². The molecule has 54 valence electrons. The van der Waals surface area contributed by atoms with E-state index in [1.54, 1.807) is 0 Å². The largest absolute Gasteiger partial charge is 0.333 e. The zero-order valence-electron chi connectivity index (χ0n) is 7.15. The summed E-state index contributed by atoms with van der Waals surface area (Å²) in [6.07, 6.45) is 1.25. The molecule has 0 saturated heterocycles. The first kappa shape index (κ1) is 10.9. The van der Waals surface area contributed by atoms with Crippen LogP contribution in [0, 0.1) is 0 Å². The molecule has 1 heteroatoms.